The lowest BCUT2D eigenvalue weighted by Gasteiger charge is -2.20. The molecule has 1 aromatic carbocycles. The molecule has 0 bridgehead atoms. The molecule has 84 valence electrons. The fourth-order valence-corrected chi connectivity index (χ4v) is 1.78. The predicted molar refractivity (Wildman–Crippen MR) is 61.2 cm³/mol. The Labute approximate surface area is 94.5 Å². The van der Waals surface area contributed by atoms with Gasteiger partial charge in [0.2, 0.25) is 0 Å². The van der Waals surface area contributed by atoms with Crippen LogP contribution in [0.15, 0.2) is 6.07 Å². The zero-order valence-electron chi connectivity index (χ0n) is 9.08. The third kappa shape index (κ3) is 2.25. The number of aromatic hydroxyl groups is 1. The van der Waals surface area contributed by atoms with Crippen LogP contribution in [0.2, 0.25) is 5.02 Å². The first kappa shape index (κ1) is 12.3. The number of aliphatic hydroxyl groups excluding tert-OH is 1. The van der Waals surface area contributed by atoms with Crippen LogP contribution in [0, 0.1) is 13.8 Å². The van der Waals surface area contributed by atoms with E-state index in [-0.39, 0.29) is 10.8 Å². The molecule has 0 aliphatic heterocycles. The minimum atomic E-state index is -0.901. The Balaban J connectivity index is 3.39. The summed E-state index contributed by atoms with van der Waals surface area (Å²) in [5.41, 5.74) is 7.77. The molecular weight excluding hydrogens is 214 g/mol. The number of nitrogens with two attached hydrogens (primary N) is 1. The van der Waals surface area contributed by atoms with Crippen molar-refractivity contribution in [3.8, 4) is 5.75 Å². The van der Waals surface area contributed by atoms with Crippen LogP contribution in [0.25, 0.3) is 0 Å². The third-order valence-corrected chi connectivity index (χ3v) is 2.90. The fourth-order valence-electron chi connectivity index (χ4n) is 1.51. The smallest absolute Gasteiger partial charge is 0.140 e. The minimum Gasteiger partial charge on any atom is -0.506 e. The normalized spacial score (nSPS) is 15.1. The van der Waals surface area contributed by atoms with E-state index in [9.17, 15) is 10.2 Å². The molecule has 4 N–H and O–H groups in total. The number of hydrogen-bond donors (Lipinski definition) is 3. The zero-order valence-corrected chi connectivity index (χ0v) is 9.84. The second-order valence-corrected chi connectivity index (χ2v) is 4.27. The first-order chi connectivity index (χ1) is 6.86. The molecule has 1 rings (SSSR count). The maximum Gasteiger partial charge on any atom is 0.140 e. The van der Waals surface area contributed by atoms with Crippen molar-refractivity contribution in [2.24, 2.45) is 5.73 Å². The van der Waals surface area contributed by atoms with Gasteiger partial charge in [0.15, 0.2) is 0 Å². The highest BCUT2D eigenvalue weighted by Crippen LogP contribution is 2.36. The van der Waals surface area contributed by atoms with Gasteiger partial charge in [-0.25, -0.2) is 0 Å². The Morgan fingerprint density at radius 3 is 2.40 bits per heavy atom. The zero-order chi connectivity index (χ0) is 11.7. The molecule has 0 aliphatic carbocycles. The van der Waals surface area contributed by atoms with Crippen molar-refractivity contribution >= 4 is 11.6 Å². The Kier molecular flexibility index (Phi) is 3.60. The summed E-state index contributed by atoms with van der Waals surface area (Å²) < 4.78 is 0. The van der Waals surface area contributed by atoms with Crippen molar-refractivity contribution < 1.29 is 10.2 Å². The van der Waals surface area contributed by atoms with Gasteiger partial charge in [0.1, 0.15) is 5.75 Å². The molecule has 0 spiro atoms. The standard InChI is InChI=1S/C11H16ClNO2/c1-5-4-8(12)11(15)9(6(5)2)10(14)7(3)13/h4,7,10,14-15H,13H2,1-3H3. The lowest BCUT2D eigenvalue weighted by atomic mass is 9.95. The molecular formula is C11H16ClNO2. The molecule has 0 heterocycles. The number of phenols is 1. The van der Waals surface area contributed by atoms with Crippen molar-refractivity contribution in [1.82, 2.24) is 0 Å². The summed E-state index contributed by atoms with van der Waals surface area (Å²) in [5.74, 6) is -0.0791. The molecule has 15 heavy (non-hydrogen) atoms. The van der Waals surface area contributed by atoms with Gasteiger partial charge in [-0.2, -0.15) is 0 Å². The Morgan fingerprint density at radius 2 is 1.93 bits per heavy atom. The summed E-state index contributed by atoms with van der Waals surface area (Å²) >= 11 is 5.84. The summed E-state index contributed by atoms with van der Waals surface area (Å²) in [6.07, 6.45) is -0.901. The fraction of sp³-hybridized carbons (Fsp3) is 0.455. The first-order valence-electron chi connectivity index (χ1n) is 4.78. The molecule has 2 unspecified atom stereocenters. The number of halogens is 1. The van der Waals surface area contributed by atoms with Crippen LogP contribution >= 0.6 is 11.6 Å². The van der Waals surface area contributed by atoms with E-state index in [0.717, 1.165) is 11.1 Å². The first-order valence-corrected chi connectivity index (χ1v) is 5.16. The molecule has 0 aliphatic rings. The molecule has 0 amide bonds. The second-order valence-electron chi connectivity index (χ2n) is 3.87. The number of benzene rings is 1. The Morgan fingerprint density at radius 1 is 1.40 bits per heavy atom. The van der Waals surface area contributed by atoms with Crippen LogP contribution in [-0.4, -0.2) is 16.3 Å². The minimum absolute atomic E-state index is 0.0791. The second kappa shape index (κ2) is 4.39. The molecule has 1 aromatic rings. The lowest BCUT2D eigenvalue weighted by molar-refractivity contribution is 0.149. The van der Waals surface area contributed by atoms with Crippen LogP contribution in [0.1, 0.15) is 29.7 Å². The van der Waals surface area contributed by atoms with E-state index in [1.807, 2.05) is 13.8 Å². The van der Waals surface area contributed by atoms with Crippen LogP contribution in [-0.2, 0) is 0 Å². The molecule has 3 nitrogen and oxygen atoms in total. The van der Waals surface area contributed by atoms with E-state index in [0.29, 0.717) is 5.56 Å². The van der Waals surface area contributed by atoms with Gasteiger partial charge in [0, 0.05) is 11.6 Å². The van der Waals surface area contributed by atoms with Crippen LogP contribution in [0.5, 0.6) is 5.75 Å². The number of phenolic OH excluding ortho intramolecular Hbond substituents is 1. The monoisotopic (exact) mass is 229 g/mol. The highest BCUT2D eigenvalue weighted by Gasteiger charge is 2.21. The van der Waals surface area contributed by atoms with Crippen molar-refractivity contribution in [3.05, 3.63) is 27.8 Å². The van der Waals surface area contributed by atoms with Gasteiger partial charge in [-0.15, -0.1) is 0 Å². The average Bonchev–Trinajstić information content (AvgIpc) is 2.15. The largest absolute Gasteiger partial charge is 0.506 e. The molecule has 0 saturated heterocycles. The van der Waals surface area contributed by atoms with Crippen LogP contribution in [0.3, 0.4) is 0 Å². The molecule has 0 fully saturated rings. The SMILES string of the molecule is Cc1cc(Cl)c(O)c(C(O)C(C)N)c1C. The van der Waals surface area contributed by atoms with E-state index in [2.05, 4.69) is 0 Å². The van der Waals surface area contributed by atoms with Gasteiger partial charge < -0.3 is 15.9 Å². The average molecular weight is 230 g/mol. The Hall–Kier alpha value is -0.770. The van der Waals surface area contributed by atoms with Crippen LogP contribution in [0.4, 0.5) is 0 Å². The van der Waals surface area contributed by atoms with E-state index >= 15 is 0 Å². The van der Waals surface area contributed by atoms with E-state index in [1.54, 1.807) is 13.0 Å². The summed E-state index contributed by atoms with van der Waals surface area (Å²) in [4.78, 5) is 0. The van der Waals surface area contributed by atoms with Crippen molar-refractivity contribution in [2.75, 3.05) is 0 Å². The maximum atomic E-state index is 9.86. The molecule has 0 saturated carbocycles. The lowest BCUT2D eigenvalue weighted by Crippen LogP contribution is -2.25. The van der Waals surface area contributed by atoms with Gasteiger partial charge in [-0.05, 0) is 38.0 Å². The van der Waals surface area contributed by atoms with E-state index < -0.39 is 12.1 Å². The van der Waals surface area contributed by atoms with Gasteiger partial charge in [0.25, 0.3) is 0 Å². The van der Waals surface area contributed by atoms with E-state index in [1.165, 1.54) is 0 Å². The molecule has 4 heteroatoms. The highest BCUT2D eigenvalue weighted by atomic mass is 35.5. The number of hydrogen-bond acceptors (Lipinski definition) is 3. The molecule has 2 atom stereocenters. The Bertz CT molecular complexity index is 351. The van der Waals surface area contributed by atoms with Gasteiger partial charge in [-0.1, -0.05) is 11.6 Å². The van der Waals surface area contributed by atoms with Crippen molar-refractivity contribution in [1.29, 1.82) is 0 Å². The maximum absolute atomic E-state index is 9.86. The topological polar surface area (TPSA) is 66.5 Å². The molecule has 0 aromatic heterocycles. The summed E-state index contributed by atoms with van der Waals surface area (Å²) in [6.45, 7) is 5.38. The van der Waals surface area contributed by atoms with Crippen molar-refractivity contribution in [3.63, 3.8) is 0 Å². The summed E-state index contributed by atoms with van der Waals surface area (Å²) in [6, 6.07) is 1.22. The number of aryl methyl sites for hydroxylation is 1. The van der Waals surface area contributed by atoms with Gasteiger partial charge in [0.05, 0.1) is 11.1 Å². The number of aliphatic hydroxyl groups is 1. The van der Waals surface area contributed by atoms with E-state index in [4.69, 9.17) is 17.3 Å². The van der Waals surface area contributed by atoms with Crippen molar-refractivity contribution in [2.45, 2.75) is 32.9 Å². The van der Waals surface area contributed by atoms with Gasteiger partial charge >= 0.3 is 0 Å². The third-order valence-electron chi connectivity index (χ3n) is 2.61. The van der Waals surface area contributed by atoms with Gasteiger partial charge in [-0.3, -0.25) is 0 Å². The quantitative estimate of drug-likeness (QED) is 0.727. The molecule has 0 radical (unpaired) electrons. The van der Waals surface area contributed by atoms with Crippen LogP contribution < -0.4 is 5.73 Å². The summed E-state index contributed by atoms with van der Waals surface area (Å²) in [7, 11) is 0. The summed E-state index contributed by atoms with van der Waals surface area (Å²) in [5, 5.41) is 19.9. The predicted octanol–water partition coefficient (Wildman–Crippen LogP) is 2.04. The number of rotatable bonds is 2. The highest BCUT2D eigenvalue weighted by molar-refractivity contribution is 6.32.